The summed E-state index contributed by atoms with van der Waals surface area (Å²) in [6, 6.07) is 0. The Hall–Kier alpha value is -0.410. The first kappa shape index (κ1) is 11.7. The topological polar surface area (TPSA) is 33.1 Å². The maximum Gasteiger partial charge on any atom is 0.0956 e. The molecule has 0 saturated heterocycles. The van der Waals surface area contributed by atoms with E-state index in [1.165, 1.54) is 0 Å². The van der Waals surface area contributed by atoms with Gasteiger partial charge in [-0.05, 0) is 13.8 Å². The monoisotopic (exact) mass is 213 g/mol. The molecule has 0 aliphatic heterocycles. The summed E-state index contributed by atoms with van der Waals surface area (Å²) in [5, 5.41) is 12.8. The average Bonchev–Trinajstić information content (AvgIpc) is 2.29. The number of thiazole rings is 1. The Morgan fingerprint density at radius 3 is 2.21 bits per heavy atom. The second kappa shape index (κ2) is 3.63. The van der Waals surface area contributed by atoms with Gasteiger partial charge >= 0.3 is 0 Å². The van der Waals surface area contributed by atoms with Gasteiger partial charge in [0.05, 0.1) is 16.3 Å². The Morgan fingerprint density at radius 1 is 1.29 bits per heavy atom. The molecule has 0 aliphatic rings. The van der Waals surface area contributed by atoms with Gasteiger partial charge in [-0.3, -0.25) is 0 Å². The van der Waals surface area contributed by atoms with E-state index in [0.717, 1.165) is 10.7 Å². The van der Waals surface area contributed by atoms with Crippen molar-refractivity contribution in [1.29, 1.82) is 0 Å². The summed E-state index contributed by atoms with van der Waals surface area (Å²) in [7, 11) is 0. The van der Waals surface area contributed by atoms with Crippen LogP contribution in [-0.4, -0.2) is 15.7 Å². The first-order valence-electron chi connectivity index (χ1n) is 4.86. The maximum atomic E-state index is 9.65. The minimum absolute atomic E-state index is 0.106. The van der Waals surface area contributed by atoms with Crippen LogP contribution in [0.15, 0.2) is 5.38 Å². The quantitative estimate of drug-likeness (QED) is 0.819. The molecule has 1 heterocycles. The Morgan fingerprint density at radius 2 is 1.86 bits per heavy atom. The zero-order chi connectivity index (χ0) is 11.0. The Kier molecular flexibility index (Phi) is 3.02. The molecule has 0 bridgehead atoms. The van der Waals surface area contributed by atoms with Crippen molar-refractivity contribution in [1.82, 2.24) is 4.98 Å². The van der Waals surface area contributed by atoms with Gasteiger partial charge in [0.2, 0.25) is 0 Å². The molecule has 0 radical (unpaired) electrons. The minimum Gasteiger partial charge on any atom is -0.390 e. The molecule has 0 aliphatic carbocycles. The molecular formula is C11H19NOS. The standard InChI is InChI=1S/C11H19NOS/c1-10(2,3)8-7-14-9(12-8)6-11(4,5)13/h7,13H,6H2,1-5H3. The first-order chi connectivity index (χ1) is 6.18. The van der Waals surface area contributed by atoms with E-state index in [1.54, 1.807) is 11.3 Å². The fourth-order valence-corrected chi connectivity index (χ4v) is 2.35. The molecule has 3 heteroatoms. The smallest absolute Gasteiger partial charge is 0.0956 e. The highest BCUT2D eigenvalue weighted by Gasteiger charge is 2.20. The molecule has 0 fully saturated rings. The normalized spacial score (nSPS) is 13.3. The predicted molar refractivity (Wildman–Crippen MR) is 60.8 cm³/mol. The molecule has 1 aromatic rings. The van der Waals surface area contributed by atoms with Crippen LogP contribution in [-0.2, 0) is 11.8 Å². The summed E-state index contributed by atoms with van der Waals surface area (Å²) < 4.78 is 0. The van der Waals surface area contributed by atoms with E-state index in [0.29, 0.717) is 6.42 Å². The number of rotatable bonds is 2. The number of nitrogens with zero attached hydrogens (tertiary/aromatic N) is 1. The molecule has 0 aromatic carbocycles. The number of hydrogen-bond donors (Lipinski definition) is 1. The maximum absolute atomic E-state index is 9.65. The van der Waals surface area contributed by atoms with Crippen molar-refractivity contribution in [2.45, 2.75) is 52.1 Å². The zero-order valence-corrected chi connectivity index (χ0v) is 10.4. The fourth-order valence-electron chi connectivity index (χ4n) is 1.11. The van der Waals surface area contributed by atoms with E-state index in [2.05, 4.69) is 31.1 Å². The summed E-state index contributed by atoms with van der Waals surface area (Å²) in [5.41, 5.74) is 0.559. The van der Waals surface area contributed by atoms with Crippen LogP contribution in [0.4, 0.5) is 0 Å². The zero-order valence-electron chi connectivity index (χ0n) is 9.59. The van der Waals surface area contributed by atoms with Crippen LogP contribution in [0, 0.1) is 0 Å². The molecule has 0 saturated carbocycles. The van der Waals surface area contributed by atoms with Gasteiger partial charge in [-0.2, -0.15) is 0 Å². The highest BCUT2D eigenvalue weighted by molar-refractivity contribution is 7.09. The van der Waals surface area contributed by atoms with Crippen LogP contribution < -0.4 is 0 Å². The van der Waals surface area contributed by atoms with Gasteiger partial charge in [0.25, 0.3) is 0 Å². The van der Waals surface area contributed by atoms with Gasteiger partial charge in [0.15, 0.2) is 0 Å². The molecule has 0 amide bonds. The number of aromatic nitrogens is 1. The Balaban J connectivity index is 2.79. The molecule has 0 atom stereocenters. The summed E-state index contributed by atoms with van der Waals surface area (Å²) in [6.07, 6.45) is 0.633. The van der Waals surface area contributed by atoms with Crippen molar-refractivity contribution in [2.75, 3.05) is 0 Å². The lowest BCUT2D eigenvalue weighted by Crippen LogP contribution is -2.22. The molecule has 2 nitrogen and oxygen atoms in total. The van der Waals surface area contributed by atoms with Gasteiger partial charge in [0, 0.05) is 17.2 Å². The van der Waals surface area contributed by atoms with E-state index in [4.69, 9.17) is 0 Å². The third-order valence-electron chi connectivity index (χ3n) is 1.90. The lowest BCUT2D eigenvalue weighted by molar-refractivity contribution is 0.0808. The SMILES string of the molecule is CC(C)(O)Cc1nc(C(C)(C)C)cs1. The summed E-state index contributed by atoms with van der Waals surface area (Å²) in [6.45, 7) is 10.1. The van der Waals surface area contributed by atoms with Gasteiger partial charge < -0.3 is 5.11 Å². The summed E-state index contributed by atoms with van der Waals surface area (Å²) >= 11 is 1.63. The third-order valence-corrected chi connectivity index (χ3v) is 2.75. The molecular weight excluding hydrogens is 194 g/mol. The van der Waals surface area contributed by atoms with Gasteiger partial charge in [-0.1, -0.05) is 20.8 Å². The van der Waals surface area contributed by atoms with Crippen molar-refractivity contribution in [3.8, 4) is 0 Å². The van der Waals surface area contributed by atoms with Crippen LogP contribution in [0.5, 0.6) is 0 Å². The van der Waals surface area contributed by atoms with Gasteiger partial charge in [-0.15, -0.1) is 11.3 Å². The molecule has 0 unspecified atom stereocenters. The fraction of sp³-hybridized carbons (Fsp3) is 0.727. The number of hydrogen-bond acceptors (Lipinski definition) is 3. The molecule has 14 heavy (non-hydrogen) atoms. The van der Waals surface area contributed by atoms with Crippen LogP contribution in [0.25, 0.3) is 0 Å². The van der Waals surface area contributed by atoms with E-state index in [1.807, 2.05) is 13.8 Å². The van der Waals surface area contributed by atoms with Crippen LogP contribution in [0.1, 0.15) is 45.3 Å². The minimum atomic E-state index is -0.660. The van der Waals surface area contributed by atoms with Crippen molar-refractivity contribution < 1.29 is 5.11 Å². The molecule has 1 rings (SSSR count). The van der Waals surface area contributed by atoms with Gasteiger partial charge in [-0.25, -0.2) is 4.98 Å². The molecule has 0 spiro atoms. The van der Waals surface area contributed by atoms with E-state index in [9.17, 15) is 5.11 Å². The first-order valence-corrected chi connectivity index (χ1v) is 5.74. The predicted octanol–water partition coefficient (Wildman–Crippen LogP) is 2.75. The highest BCUT2D eigenvalue weighted by atomic mass is 32.1. The van der Waals surface area contributed by atoms with Crippen molar-refractivity contribution in [3.05, 3.63) is 16.1 Å². The second-order valence-electron chi connectivity index (χ2n) is 5.37. The van der Waals surface area contributed by atoms with Crippen LogP contribution in [0.2, 0.25) is 0 Å². The lowest BCUT2D eigenvalue weighted by atomic mass is 9.93. The summed E-state index contributed by atoms with van der Waals surface area (Å²) in [5.74, 6) is 0. The van der Waals surface area contributed by atoms with Crippen molar-refractivity contribution in [2.24, 2.45) is 0 Å². The van der Waals surface area contributed by atoms with Crippen molar-refractivity contribution >= 4 is 11.3 Å². The number of aliphatic hydroxyl groups is 1. The van der Waals surface area contributed by atoms with Gasteiger partial charge in [0.1, 0.15) is 0 Å². The lowest BCUT2D eigenvalue weighted by Gasteiger charge is -2.16. The molecule has 1 N–H and O–H groups in total. The Labute approximate surface area is 90.0 Å². The van der Waals surface area contributed by atoms with Crippen LogP contribution >= 0.6 is 11.3 Å². The Bertz CT molecular complexity index is 304. The molecule has 80 valence electrons. The average molecular weight is 213 g/mol. The largest absolute Gasteiger partial charge is 0.390 e. The van der Waals surface area contributed by atoms with E-state index < -0.39 is 5.60 Å². The second-order valence-corrected chi connectivity index (χ2v) is 6.31. The van der Waals surface area contributed by atoms with Crippen molar-refractivity contribution in [3.63, 3.8) is 0 Å². The molecule has 1 aromatic heterocycles. The highest BCUT2D eigenvalue weighted by Crippen LogP contribution is 2.25. The van der Waals surface area contributed by atoms with E-state index >= 15 is 0 Å². The third kappa shape index (κ3) is 3.39. The summed E-state index contributed by atoms with van der Waals surface area (Å²) in [4.78, 5) is 4.53. The van der Waals surface area contributed by atoms with E-state index in [-0.39, 0.29) is 5.41 Å². The van der Waals surface area contributed by atoms with Crippen LogP contribution in [0.3, 0.4) is 0 Å².